The molecule has 1 aliphatic heterocycles. The summed E-state index contributed by atoms with van der Waals surface area (Å²) >= 11 is 5.92. The topological polar surface area (TPSA) is 20.3 Å². The van der Waals surface area contributed by atoms with Crippen molar-refractivity contribution in [3.05, 3.63) is 34.9 Å². The van der Waals surface area contributed by atoms with E-state index >= 15 is 0 Å². The largest absolute Gasteiger partial charge is 0.299 e. The molecule has 2 unspecified atom stereocenters. The van der Waals surface area contributed by atoms with Crippen molar-refractivity contribution in [3.63, 3.8) is 0 Å². The predicted octanol–water partition coefficient (Wildman–Crippen LogP) is 4.08. The highest BCUT2D eigenvalue weighted by atomic mass is 35.5. The standard InChI is InChI=1S/C17H23ClFNO/c1-12(2)16(21)15(13-4-6-14(18)7-5-13)10-20-9-8-17(3,19)11-20/h4-7,12,15H,8-11H2,1-3H3. The molecule has 0 saturated carbocycles. The van der Waals surface area contributed by atoms with E-state index in [4.69, 9.17) is 11.6 Å². The van der Waals surface area contributed by atoms with Gasteiger partial charge in [0.1, 0.15) is 11.5 Å². The quantitative estimate of drug-likeness (QED) is 0.816. The van der Waals surface area contributed by atoms with E-state index in [2.05, 4.69) is 4.90 Å². The van der Waals surface area contributed by atoms with Crippen LogP contribution in [-0.4, -0.2) is 36.0 Å². The fourth-order valence-electron chi connectivity index (χ4n) is 2.89. The van der Waals surface area contributed by atoms with Gasteiger partial charge < -0.3 is 0 Å². The molecule has 0 amide bonds. The van der Waals surface area contributed by atoms with Crippen LogP contribution >= 0.6 is 11.6 Å². The minimum Gasteiger partial charge on any atom is -0.299 e. The van der Waals surface area contributed by atoms with Crippen molar-refractivity contribution >= 4 is 17.4 Å². The summed E-state index contributed by atoms with van der Waals surface area (Å²) < 4.78 is 14.0. The van der Waals surface area contributed by atoms with E-state index in [1.165, 1.54) is 0 Å². The molecule has 1 fully saturated rings. The van der Waals surface area contributed by atoms with Gasteiger partial charge in [0.15, 0.2) is 0 Å². The number of carbonyl (C=O) groups excluding carboxylic acids is 1. The predicted molar refractivity (Wildman–Crippen MR) is 84.6 cm³/mol. The average Bonchev–Trinajstić information content (AvgIpc) is 2.75. The average molecular weight is 312 g/mol. The Labute approximate surface area is 131 Å². The van der Waals surface area contributed by atoms with Crippen molar-refractivity contribution in [1.29, 1.82) is 0 Å². The zero-order valence-corrected chi connectivity index (χ0v) is 13.7. The van der Waals surface area contributed by atoms with Gasteiger partial charge in [0.25, 0.3) is 0 Å². The molecule has 1 aromatic carbocycles. The first-order valence-electron chi connectivity index (χ1n) is 7.49. The van der Waals surface area contributed by atoms with Crippen molar-refractivity contribution in [2.45, 2.75) is 38.8 Å². The van der Waals surface area contributed by atoms with Gasteiger partial charge in [-0.05, 0) is 31.0 Å². The summed E-state index contributed by atoms with van der Waals surface area (Å²) in [5.74, 6) is -0.0500. The van der Waals surface area contributed by atoms with Crippen molar-refractivity contribution in [1.82, 2.24) is 4.90 Å². The summed E-state index contributed by atoms with van der Waals surface area (Å²) in [6.45, 7) is 7.15. The molecule has 4 heteroatoms. The number of halogens is 2. The third-order valence-electron chi connectivity index (χ3n) is 4.13. The fourth-order valence-corrected chi connectivity index (χ4v) is 3.01. The normalized spacial score (nSPS) is 24.5. The molecule has 21 heavy (non-hydrogen) atoms. The highest BCUT2D eigenvalue weighted by Crippen LogP contribution is 2.29. The highest BCUT2D eigenvalue weighted by molar-refractivity contribution is 6.30. The van der Waals surface area contributed by atoms with Gasteiger partial charge in [-0.1, -0.05) is 37.6 Å². The Bertz CT molecular complexity index is 498. The first kappa shape index (κ1) is 16.4. The third-order valence-corrected chi connectivity index (χ3v) is 4.38. The lowest BCUT2D eigenvalue weighted by molar-refractivity contribution is -0.123. The van der Waals surface area contributed by atoms with E-state index in [0.29, 0.717) is 31.1 Å². The van der Waals surface area contributed by atoms with Crippen molar-refractivity contribution in [2.24, 2.45) is 5.92 Å². The zero-order valence-electron chi connectivity index (χ0n) is 12.9. The second kappa shape index (κ2) is 6.45. The van der Waals surface area contributed by atoms with Crippen LogP contribution in [0.25, 0.3) is 0 Å². The molecule has 1 heterocycles. The lowest BCUT2D eigenvalue weighted by Gasteiger charge is -2.25. The van der Waals surface area contributed by atoms with Gasteiger partial charge in [0.05, 0.1) is 5.92 Å². The van der Waals surface area contributed by atoms with Crippen LogP contribution < -0.4 is 0 Å². The Kier molecular flexibility index (Phi) is 5.05. The molecule has 1 aromatic rings. The van der Waals surface area contributed by atoms with E-state index in [-0.39, 0.29) is 17.6 Å². The number of ketones is 1. The van der Waals surface area contributed by atoms with Crippen LogP contribution in [0.3, 0.4) is 0 Å². The number of hydrogen-bond donors (Lipinski definition) is 0. The third kappa shape index (κ3) is 4.27. The molecule has 116 valence electrons. The second-order valence-corrected chi connectivity index (χ2v) is 7.00. The first-order valence-corrected chi connectivity index (χ1v) is 7.87. The lowest BCUT2D eigenvalue weighted by Crippen LogP contribution is -2.34. The van der Waals surface area contributed by atoms with E-state index in [1.54, 1.807) is 19.1 Å². The Morgan fingerprint density at radius 2 is 2.00 bits per heavy atom. The molecule has 2 nitrogen and oxygen atoms in total. The SMILES string of the molecule is CC(C)C(=O)C(CN1CCC(C)(F)C1)c1ccc(Cl)cc1. The molecule has 0 radical (unpaired) electrons. The Hall–Kier alpha value is -0.930. The molecule has 0 aromatic heterocycles. The van der Waals surface area contributed by atoms with Crippen molar-refractivity contribution < 1.29 is 9.18 Å². The van der Waals surface area contributed by atoms with Crippen LogP contribution in [0.5, 0.6) is 0 Å². The molecular formula is C17H23ClFNO. The number of benzene rings is 1. The van der Waals surface area contributed by atoms with Crippen molar-refractivity contribution in [2.75, 3.05) is 19.6 Å². The Balaban J connectivity index is 2.17. The molecule has 1 aliphatic rings. The number of alkyl halides is 1. The summed E-state index contributed by atoms with van der Waals surface area (Å²) in [5, 5.41) is 0.659. The monoisotopic (exact) mass is 311 g/mol. The van der Waals surface area contributed by atoms with E-state index in [0.717, 1.165) is 5.56 Å². The molecular weight excluding hydrogens is 289 g/mol. The van der Waals surface area contributed by atoms with E-state index in [1.807, 2.05) is 26.0 Å². The Morgan fingerprint density at radius 1 is 1.38 bits per heavy atom. The van der Waals surface area contributed by atoms with Gasteiger partial charge >= 0.3 is 0 Å². The van der Waals surface area contributed by atoms with Crippen LogP contribution in [-0.2, 0) is 4.79 Å². The van der Waals surface area contributed by atoms with Crippen LogP contribution in [0.1, 0.15) is 38.7 Å². The summed E-state index contributed by atoms with van der Waals surface area (Å²) in [7, 11) is 0. The molecule has 0 aliphatic carbocycles. The number of nitrogens with zero attached hydrogens (tertiary/aromatic N) is 1. The number of likely N-dealkylation sites (tertiary alicyclic amines) is 1. The van der Waals surface area contributed by atoms with Gasteiger partial charge in [-0.3, -0.25) is 9.69 Å². The van der Waals surface area contributed by atoms with Gasteiger partial charge in [-0.2, -0.15) is 0 Å². The summed E-state index contributed by atoms with van der Waals surface area (Å²) in [5.41, 5.74) is -0.170. The minimum atomic E-state index is -1.13. The van der Waals surface area contributed by atoms with Crippen LogP contribution in [0, 0.1) is 5.92 Å². The summed E-state index contributed by atoms with van der Waals surface area (Å²) in [4.78, 5) is 14.6. The highest BCUT2D eigenvalue weighted by Gasteiger charge is 2.36. The van der Waals surface area contributed by atoms with Crippen LogP contribution in [0.4, 0.5) is 4.39 Å². The molecule has 0 bridgehead atoms. The zero-order chi connectivity index (χ0) is 15.6. The van der Waals surface area contributed by atoms with E-state index in [9.17, 15) is 9.18 Å². The maximum absolute atomic E-state index is 14.0. The van der Waals surface area contributed by atoms with Crippen LogP contribution in [0.2, 0.25) is 5.02 Å². The second-order valence-electron chi connectivity index (χ2n) is 6.56. The Morgan fingerprint density at radius 3 is 2.48 bits per heavy atom. The molecule has 2 rings (SSSR count). The molecule has 2 atom stereocenters. The van der Waals surface area contributed by atoms with E-state index < -0.39 is 5.67 Å². The summed E-state index contributed by atoms with van der Waals surface area (Å²) in [6.07, 6.45) is 0.538. The van der Waals surface area contributed by atoms with Gasteiger partial charge in [-0.15, -0.1) is 0 Å². The maximum atomic E-state index is 14.0. The summed E-state index contributed by atoms with van der Waals surface area (Å²) in [6, 6.07) is 7.41. The minimum absolute atomic E-state index is 0.0370. The fraction of sp³-hybridized carbons (Fsp3) is 0.588. The number of hydrogen-bond acceptors (Lipinski definition) is 2. The lowest BCUT2D eigenvalue weighted by atomic mass is 9.88. The van der Waals surface area contributed by atoms with Gasteiger partial charge in [0.2, 0.25) is 0 Å². The number of Topliss-reactive ketones (excluding diaryl/α,β-unsaturated/α-hetero) is 1. The first-order chi connectivity index (χ1) is 9.78. The van der Waals surface area contributed by atoms with Gasteiger partial charge in [0, 0.05) is 30.6 Å². The van der Waals surface area contributed by atoms with Crippen molar-refractivity contribution in [3.8, 4) is 0 Å². The van der Waals surface area contributed by atoms with Crippen LogP contribution in [0.15, 0.2) is 24.3 Å². The smallest absolute Gasteiger partial charge is 0.144 e. The molecule has 1 saturated heterocycles. The molecule has 0 spiro atoms. The number of rotatable bonds is 5. The number of carbonyl (C=O) groups is 1. The maximum Gasteiger partial charge on any atom is 0.144 e. The van der Waals surface area contributed by atoms with Gasteiger partial charge in [-0.25, -0.2) is 4.39 Å². The molecule has 0 N–H and O–H groups in total.